The minimum Gasteiger partial charge on any atom is -0.355 e. The van der Waals surface area contributed by atoms with Crippen molar-refractivity contribution in [3.05, 3.63) is 77.5 Å². The summed E-state index contributed by atoms with van der Waals surface area (Å²) in [6.45, 7) is 5.78. The summed E-state index contributed by atoms with van der Waals surface area (Å²) in [7, 11) is 1.65. The van der Waals surface area contributed by atoms with Crippen LogP contribution in [0.3, 0.4) is 0 Å². The van der Waals surface area contributed by atoms with E-state index in [2.05, 4.69) is 65.2 Å². The summed E-state index contributed by atoms with van der Waals surface area (Å²) in [5.74, 6) is -0.0815. The van der Waals surface area contributed by atoms with E-state index in [0.717, 1.165) is 34.0 Å². The van der Waals surface area contributed by atoms with E-state index in [9.17, 15) is 4.79 Å². The van der Waals surface area contributed by atoms with Gasteiger partial charge in [0.1, 0.15) is 0 Å². The van der Waals surface area contributed by atoms with Crippen LogP contribution in [0.15, 0.2) is 81.2 Å². The largest absolute Gasteiger partial charge is 0.355 e. The number of hydrogen-bond donors (Lipinski definition) is 3. The number of anilines is 1. The van der Waals surface area contributed by atoms with Gasteiger partial charge in [-0.2, -0.15) is 0 Å². The van der Waals surface area contributed by atoms with Gasteiger partial charge in [0.15, 0.2) is 0 Å². The normalized spacial score (nSPS) is 15.8. The van der Waals surface area contributed by atoms with Gasteiger partial charge >= 0.3 is 0 Å². The predicted octanol–water partition coefficient (Wildman–Crippen LogP) is 5.11. The summed E-state index contributed by atoms with van der Waals surface area (Å²) in [6.07, 6.45) is 8.25. The first kappa shape index (κ1) is 20.9. The first-order chi connectivity index (χ1) is 14.2. The summed E-state index contributed by atoms with van der Waals surface area (Å²) >= 11 is 1.58. The van der Waals surface area contributed by atoms with Gasteiger partial charge in [-0.3, -0.25) is 9.79 Å². The van der Waals surface area contributed by atoms with Gasteiger partial charge < -0.3 is 10.7 Å². The Bertz CT molecular complexity index is 952. The number of allylic oxidation sites excluding steroid dienone is 2. The number of carbonyl (C=O) groups excluding carboxylic acids is 1. The summed E-state index contributed by atoms with van der Waals surface area (Å²) in [5.41, 5.74) is 10.3. The zero-order valence-electron chi connectivity index (χ0n) is 16.7. The zero-order valence-corrected chi connectivity index (χ0v) is 17.6. The molecule has 0 aromatic heterocycles. The topological polar surface area (TPSA) is 65.5 Å². The lowest BCUT2D eigenvalue weighted by molar-refractivity contribution is 0.0960. The van der Waals surface area contributed by atoms with Crippen LogP contribution in [0.5, 0.6) is 0 Å². The summed E-state index contributed by atoms with van der Waals surface area (Å²) in [4.78, 5) is 18.2. The molecular formula is C23H26N4OS. The molecule has 1 atom stereocenters. The van der Waals surface area contributed by atoms with Gasteiger partial charge in [0, 0.05) is 16.8 Å². The maximum atomic E-state index is 12.1. The first-order valence-corrected chi connectivity index (χ1v) is 10.5. The molecule has 29 heavy (non-hydrogen) atoms. The Balaban J connectivity index is 1.77. The molecule has 6 heteroatoms. The number of unbranched alkanes of at least 4 members (excludes halogenated alkanes) is 1. The fraction of sp³-hybridized carbons (Fsp3) is 0.217. The fourth-order valence-electron chi connectivity index (χ4n) is 3.04. The predicted molar refractivity (Wildman–Crippen MR) is 122 cm³/mol. The highest BCUT2D eigenvalue weighted by atomic mass is 32.2. The van der Waals surface area contributed by atoms with Crippen LogP contribution < -0.4 is 16.2 Å². The van der Waals surface area contributed by atoms with Crippen molar-refractivity contribution in [1.29, 1.82) is 0 Å². The number of amides is 1. The van der Waals surface area contributed by atoms with Crippen LogP contribution in [0, 0.1) is 0 Å². The molecule has 2 aromatic carbocycles. The number of fused-ring (bicyclic) bond motifs is 1. The van der Waals surface area contributed by atoms with Crippen LogP contribution in [0.25, 0.3) is 0 Å². The van der Waals surface area contributed by atoms with Crippen LogP contribution in [0.2, 0.25) is 0 Å². The lowest BCUT2D eigenvalue weighted by atomic mass is 10.1. The molecule has 0 radical (unpaired) electrons. The van der Waals surface area contributed by atoms with Gasteiger partial charge in [-0.05, 0) is 49.0 Å². The maximum Gasteiger partial charge on any atom is 0.252 e. The highest BCUT2D eigenvalue weighted by Gasteiger charge is 2.20. The molecule has 0 saturated heterocycles. The van der Waals surface area contributed by atoms with Gasteiger partial charge in [0.2, 0.25) is 0 Å². The second-order valence-electron chi connectivity index (χ2n) is 6.61. The smallest absolute Gasteiger partial charge is 0.252 e. The van der Waals surface area contributed by atoms with Gasteiger partial charge in [-0.25, -0.2) is 5.43 Å². The zero-order chi connectivity index (χ0) is 20.6. The molecule has 0 fully saturated rings. The van der Waals surface area contributed by atoms with Crippen LogP contribution >= 0.6 is 11.8 Å². The Labute approximate surface area is 176 Å². The van der Waals surface area contributed by atoms with E-state index < -0.39 is 0 Å². The van der Waals surface area contributed by atoms with Crippen molar-refractivity contribution in [2.45, 2.75) is 35.6 Å². The van der Waals surface area contributed by atoms with Gasteiger partial charge in [0.05, 0.1) is 23.0 Å². The average Bonchev–Trinajstić information content (AvgIpc) is 3.16. The highest BCUT2D eigenvalue weighted by Crippen LogP contribution is 2.36. The molecule has 150 valence electrons. The molecule has 1 amide bonds. The first-order valence-electron chi connectivity index (χ1n) is 9.65. The molecule has 0 spiro atoms. The molecule has 1 aliphatic heterocycles. The molecule has 3 N–H and O–H groups in total. The number of carbonyl (C=O) groups is 1. The number of rotatable bonds is 8. The molecule has 3 rings (SSSR count). The van der Waals surface area contributed by atoms with E-state index >= 15 is 0 Å². The third-order valence-electron chi connectivity index (χ3n) is 4.59. The molecule has 1 aliphatic rings. The van der Waals surface area contributed by atoms with Crippen LogP contribution in [0.4, 0.5) is 5.69 Å². The third kappa shape index (κ3) is 5.16. The van der Waals surface area contributed by atoms with Crippen molar-refractivity contribution in [2.75, 3.05) is 12.5 Å². The van der Waals surface area contributed by atoms with Crippen LogP contribution in [0.1, 0.15) is 41.7 Å². The van der Waals surface area contributed by atoms with E-state index in [4.69, 9.17) is 0 Å². The summed E-state index contributed by atoms with van der Waals surface area (Å²) < 4.78 is 0. The SMILES string of the molecule is C=NC(=C\CCC)/C=C/C1NNc2cc(Sc3ccccc3C(=O)NC)ccc21. The third-order valence-corrected chi connectivity index (χ3v) is 5.66. The molecular weight excluding hydrogens is 380 g/mol. The van der Waals surface area contributed by atoms with E-state index in [1.54, 1.807) is 18.8 Å². The van der Waals surface area contributed by atoms with Crippen LogP contribution in [-0.4, -0.2) is 19.7 Å². The van der Waals surface area contributed by atoms with Crippen molar-refractivity contribution in [1.82, 2.24) is 10.7 Å². The van der Waals surface area contributed by atoms with Crippen LogP contribution in [-0.2, 0) is 0 Å². The Morgan fingerprint density at radius 2 is 2.14 bits per heavy atom. The lowest BCUT2D eigenvalue weighted by Gasteiger charge is -2.09. The summed E-state index contributed by atoms with van der Waals surface area (Å²) in [6, 6.07) is 14.0. The van der Waals surface area contributed by atoms with Crippen molar-refractivity contribution in [3.63, 3.8) is 0 Å². The minimum absolute atomic E-state index is 0.0639. The van der Waals surface area contributed by atoms with Crippen molar-refractivity contribution in [2.24, 2.45) is 4.99 Å². The average molecular weight is 407 g/mol. The number of nitrogens with zero attached hydrogens (tertiary/aromatic N) is 1. The lowest BCUT2D eigenvalue weighted by Crippen LogP contribution is -2.18. The second kappa shape index (κ2) is 10.1. The van der Waals surface area contributed by atoms with Crippen molar-refractivity contribution < 1.29 is 4.79 Å². The van der Waals surface area contributed by atoms with Crippen molar-refractivity contribution >= 4 is 30.1 Å². The number of aliphatic imine (C=N–C) groups is 1. The number of benzene rings is 2. The van der Waals surface area contributed by atoms with Crippen molar-refractivity contribution in [3.8, 4) is 0 Å². The van der Waals surface area contributed by atoms with E-state index in [1.807, 2.05) is 30.3 Å². The molecule has 2 aromatic rings. The highest BCUT2D eigenvalue weighted by molar-refractivity contribution is 7.99. The van der Waals surface area contributed by atoms with E-state index in [0.29, 0.717) is 5.56 Å². The number of hydrazine groups is 1. The molecule has 0 aliphatic carbocycles. The van der Waals surface area contributed by atoms with E-state index in [1.165, 1.54) is 5.56 Å². The quantitative estimate of drug-likeness (QED) is 0.421. The Morgan fingerprint density at radius 3 is 2.90 bits per heavy atom. The van der Waals surface area contributed by atoms with Gasteiger partial charge in [0.25, 0.3) is 5.91 Å². The molecule has 0 saturated carbocycles. The maximum absolute atomic E-state index is 12.1. The molecule has 1 heterocycles. The Kier molecular flexibility index (Phi) is 7.27. The van der Waals surface area contributed by atoms with E-state index in [-0.39, 0.29) is 11.9 Å². The molecule has 1 unspecified atom stereocenters. The van der Waals surface area contributed by atoms with Gasteiger partial charge in [-0.1, -0.05) is 55.5 Å². The molecule has 0 bridgehead atoms. The minimum atomic E-state index is -0.0815. The Hall–Kier alpha value is -2.83. The Morgan fingerprint density at radius 1 is 1.31 bits per heavy atom. The fourth-order valence-corrected chi connectivity index (χ4v) is 4.02. The number of nitrogens with one attached hydrogen (secondary N) is 3. The monoisotopic (exact) mass is 406 g/mol. The van der Waals surface area contributed by atoms with Gasteiger partial charge in [-0.15, -0.1) is 0 Å². The molecule has 5 nitrogen and oxygen atoms in total. The second-order valence-corrected chi connectivity index (χ2v) is 7.72. The summed E-state index contributed by atoms with van der Waals surface area (Å²) in [5, 5.41) is 2.70. The standard InChI is InChI=1S/C23H26N4OS/c1-4-5-8-16(24-2)11-14-20-18-13-12-17(15-21(18)27-26-20)29-22-10-7-6-9-19(22)23(28)25-3/h6-15,20,26-27H,2,4-5H2,1,3H3,(H,25,28)/b14-11+,16-8-. The number of hydrogen-bond acceptors (Lipinski definition) is 5.